The molecular formula is C20H26ClNO4. The number of ether oxygens (including phenoxy) is 1. The largest absolute Gasteiger partial charge is 0.482 e. The molecule has 1 amide bonds. The summed E-state index contributed by atoms with van der Waals surface area (Å²) in [5.41, 5.74) is 0.728. The predicted molar refractivity (Wildman–Crippen MR) is 104 cm³/mol. The Balaban J connectivity index is 1.95. The Morgan fingerprint density at radius 1 is 1.23 bits per heavy atom. The summed E-state index contributed by atoms with van der Waals surface area (Å²) in [5, 5.41) is 4.03. The first-order valence-electron chi connectivity index (χ1n) is 8.92. The van der Waals surface area contributed by atoms with Gasteiger partial charge in [0.2, 0.25) is 0 Å². The molecule has 1 aromatic heterocycles. The van der Waals surface area contributed by atoms with Crippen molar-refractivity contribution < 1.29 is 13.9 Å². The van der Waals surface area contributed by atoms with E-state index in [1.807, 2.05) is 13.8 Å². The van der Waals surface area contributed by atoms with Crippen molar-refractivity contribution in [3.8, 4) is 5.75 Å². The number of benzene rings is 1. The van der Waals surface area contributed by atoms with Gasteiger partial charge in [-0.3, -0.25) is 4.79 Å². The van der Waals surface area contributed by atoms with E-state index in [9.17, 15) is 9.59 Å². The number of aryl methyl sites for hydroxylation is 1. The maximum Gasteiger partial charge on any atom is 0.336 e. The topological polar surface area (TPSA) is 68.5 Å². The van der Waals surface area contributed by atoms with E-state index < -0.39 is 5.63 Å². The summed E-state index contributed by atoms with van der Waals surface area (Å²) in [6.45, 7) is 8.03. The Kier molecular flexibility index (Phi) is 7.09. The van der Waals surface area contributed by atoms with E-state index >= 15 is 0 Å². The van der Waals surface area contributed by atoms with Crippen LogP contribution in [0.2, 0.25) is 5.02 Å². The van der Waals surface area contributed by atoms with Crippen LogP contribution >= 0.6 is 11.6 Å². The van der Waals surface area contributed by atoms with Crippen LogP contribution in [-0.2, 0) is 4.79 Å². The molecule has 2 aromatic rings. The number of hydrogen-bond acceptors (Lipinski definition) is 4. The lowest BCUT2D eigenvalue weighted by Gasteiger charge is -2.15. The minimum absolute atomic E-state index is 0.0950. The van der Waals surface area contributed by atoms with Gasteiger partial charge in [-0.25, -0.2) is 4.79 Å². The molecule has 5 nitrogen and oxygen atoms in total. The van der Waals surface area contributed by atoms with E-state index in [2.05, 4.69) is 19.2 Å². The Morgan fingerprint density at radius 2 is 1.96 bits per heavy atom. The molecule has 1 heterocycles. The molecule has 0 saturated heterocycles. The molecule has 6 heteroatoms. The van der Waals surface area contributed by atoms with Crippen LogP contribution < -0.4 is 15.7 Å². The van der Waals surface area contributed by atoms with E-state index in [0.717, 1.165) is 30.2 Å². The second kappa shape index (κ2) is 9.08. The molecule has 0 spiro atoms. The highest BCUT2D eigenvalue weighted by Gasteiger charge is 2.12. The van der Waals surface area contributed by atoms with Crippen molar-refractivity contribution in [2.45, 2.75) is 53.0 Å². The fourth-order valence-corrected chi connectivity index (χ4v) is 3.01. The van der Waals surface area contributed by atoms with Gasteiger partial charge in [-0.15, -0.1) is 0 Å². The minimum Gasteiger partial charge on any atom is -0.482 e. The van der Waals surface area contributed by atoms with E-state index in [1.165, 1.54) is 6.07 Å². The number of carbonyl (C=O) groups excluding carboxylic acids is 1. The molecule has 1 aromatic carbocycles. The number of nitrogens with one attached hydrogen (secondary N) is 1. The summed E-state index contributed by atoms with van der Waals surface area (Å²) >= 11 is 6.23. The van der Waals surface area contributed by atoms with Crippen LogP contribution in [0.4, 0.5) is 0 Å². The van der Waals surface area contributed by atoms with Crippen LogP contribution in [0.15, 0.2) is 27.4 Å². The number of hydrogen-bond donors (Lipinski definition) is 1. The van der Waals surface area contributed by atoms with Crippen LogP contribution in [-0.4, -0.2) is 18.6 Å². The number of amides is 1. The molecule has 0 aliphatic carbocycles. The molecule has 0 radical (unpaired) electrons. The molecule has 26 heavy (non-hydrogen) atoms. The molecule has 2 rings (SSSR count). The second-order valence-electron chi connectivity index (χ2n) is 7.11. The molecule has 1 atom stereocenters. The summed E-state index contributed by atoms with van der Waals surface area (Å²) in [5.74, 6) is 0.777. The van der Waals surface area contributed by atoms with Gasteiger partial charge < -0.3 is 14.5 Å². The first-order valence-corrected chi connectivity index (χ1v) is 9.30. The first kappa shape index (κ1) is 20.3. The van der Waals surface area contributed by atoms with Crippen molar-refractivity contribution in [2.24, 2.45) is 5.92 Å². The molecule has 0 aliphatic heterocycles. The SMILES string of the molecule is Cc1cc(=O)oc2cc(OCC(=O)N[C@@H](C)CCCC(C)C)c(Cl)cc12. The monoisotopic (exact) mass is 379 g/mol. The van der Waals surface area contributed by atoms with Crippen molar-refractivity contribution in [1.82, 2.24) is 5.32 Å². The quantitative estimate of drug-likeness (QED) is 0.687. The summed E-state index contributed by atoms with van der Waals surface area (Å²) in [6.07, 6.45) is 3.16. The number of carbonyl (C=O) groups is 1. The smallest absolute Gasteiger partial charge is 0.336 e. The van der Waals surface area contributed by atoms with Gasteiger partial charge in [0, 0.05) is 23.6 Å². The highest BCUT2D eigenvalue weighted by Crippen LogP contribution is 2.30. The van der Waals surface area contributed by atoms with Gasteiger partial charge in [0.05, 0.1) is 5.02 Å². The van der Waals surface area contributed by atoms with Crippen molar-refractivity contribution in [1.29, 1.82) is 0 Å². The van der Waals surface area contributed by atoms with E-state index in [-0.39, 0.29) is 18.6 Å². The molecule has 142 valence electrons. The van der Waals surface area contributed by atoms with Gasteiger partial charge in [0.15, 0.2) is 6.61 Å². The molecule has 0 saturated carbocycles. The molecule has 0 fully saturated rings. The Bertz CT molecular complexity index is 828. The molecule has 1 N–H and O–H groups in total. The second-order valence-corrected chi connectivity index (χ2v) is 7.52. The van der Waals surface area contributed by atoms with Crippen LogP contribution in [0.1, 0.15) is 45.6 Å². The number of rotatable bonds is 8. The standard InChI is InChI=1S/C20H26ClNO4/c1-12(2)6-5-7-14(4)22-19(23)11-25-18-10-17-15(9-16(18)21)13(3)8-20(24)26-17/h8-10,12,14H,5-7,11H2,1-4H3,(H,22,23)/t14-/m0/s1. The predicted octanol–water partition coefficient (Wildman–Crippen LogP) is 4.46. The fraction of sp³-hybridized carbons (Fsp3) is 0.500. The summed E-state index contributed by atoms with van der Waals surface area (Å²) in [7, 11) is 0. The number of halogens is 1. The summed E-state index contributed by atoms with van der Waals surface area (Å²) < 4.78 is 10.7. The highest BCUT2D eigenvalue weighted by atomic mass is 35.5. The molecular weight excluding hydrogens is 354 g/mol. The summed E-state index contributed by atoms with van der Waals surface area (Å²) in [4.78, 5) is 23.6. The van der Waals surface area contributed by atoms with Crippen molar-refractivity contribution in [3.63, 3.8) is 0 Å². The van der Waals surface area contributed by atoms with Crippen molar-refractivity contribution in [2.75, 3.05) is 6.61 Å². The zero-order valence-corrected chi connectivity index (χ0v) is 16.5. The average molecular weight is 380 g/mol. The van der Waals surface area contributed by atoms with Crippen LogP contribution in [0.5, 0.6) is 5.75 Å². The molecule has 0 unspecified atom stereocenters. The lowest BCUT2D eigenvalue weighted by atomic mass is 10.0. The first-order chi connectivity index (χ1) is 12.3. The van der Waals surface area contributed by atoms with Gasteiger partial charge in [-0.05, 0) is 37.8 Å². The number of fused-ring (bicyclic) bond motifs is 1. The highest BCUT2D eigenvalue weighted by molar-refractivity contribution is 6.32. The molecule has 0 aliphatic rings. The van der Waals surface area contributed by atoms with Gasteiger partial charge >= 0.3 is 5.63 Å². The van der Waals surface area contributed by atoms with Crippen LogP contribution in [0.3, 0.4) is 0 Å². The fourth-order valence-electron chi connectivity index (χ4n) is 2.79. The van der Waals surface area contributed by atoms with Crippen LogP contribution in [0.25, 0.3) is 11.0 Å². The maximum absolute atomic E-state index is 12.1. The maximum atomic E-state index is 12.1. The third-order valence-electron chi connectivity index (χ3n) is 4.19. The zero-order chi connectivity index (χ0) is 19.3. The van der Waals surface area contributed by atoms with E-state index in [0.29, 0.717) is 22.3 Å². The van der Waals surface area contributed by atoms with Crippen molar-refractivity contribution in [3.05, 3.63) is 39.2 Å². The lowest BCUT2D eigenvalue weighted by molar-refractivity contribution is -0.123. The Hall–Kier alpha value is -2.01. The van der Waals surface area contributed by atoms with Crippen LogP contribution in [0, 0.1) is 12.8 Å². The molecule has 0 bridgehead atoms. The van der Waals surface area contributed by atoms with Gasteiger partial charge in [0.1, 0.15) is 11.3 Å². The van der Waals surface area contributed by atoms with Crippen molar-refractivity contribution >= 4 is 28.5 Å². The summed E-state index contributed by atoms with van der Waals surface area (Å²) in [6, 6.07) is 4.73. The zero-order valence-electron chi connectivity index (χ0n) is 15.7. The van der Waals surface area contributed by atoms with E-state index in [1.54, 1.807) is 12.1 Å². The van der Waals surface area contributed by atoms with Gasteiger partial charge in [-0.2, -0.15) is 0 Å². The third-order valence-corrected chi connectivity index (χ3v) is 4.48. The normalized spacial score (nSPS) is 12.4. The van der Waals surface area contributed by atoms with E-state index in [4.69, 9.17) is 20.8 Å². The Labute approximate surface area is 158 Å². The van der Waals surface area contributed by atoms with Gasteiger partial charge in [-0.1, -0.05) is 38.3 Å². The minimum atomic E-state index is -0.434. The third kappa shape index (κ3) is 5.77. The Morgan fingerprint density at radius 3 is 2.65 bits per heavy atom. The average Bonchev–Trinajstić information content (AvgIpc) is 2.53. The van der Waals surface area contributed by atoms with Gasteiger partial charge in [0.25, 0.3) is 5.91 Å². The lowest BCUT2D eigenvalue weighted by Crippen LogP contribution is -2.36.